The molecule has 37 heavy (non-hydrogen) atoms. The number of carbonyl (C=O) groups is 1. The number of nitrogens with one attached hydrogen (secondary N) is 1. The second-order valence-corrected chi connectivity index (χ2v) is 10.1. The second-order valence-electron chi connectivity index (χ2n) is 8.21. The summed E-state index contributed by atoms with van der Waals surface area (Å²) in [5.41, 5.74) is 2.58. The Balaban J connectivity index is 1.54. The van der Waals surface area contributed by atoms with Gasteiger partial charge in [-0.2, -0.15) is 0 Å². The van der Waals surface area contributed by atoms with Crippen molar-refractivity contribution in [3.05, 3.63) is 120 Å². The summed E-state index contributed by atoms with van der Waals surface area (Å²) >= 11 is 0. The van der Waals surface area contributed by atoms with Crippen molar-refractivity contribution in [2.75, 3.05) is 18.5 Å². The zero-order valence-corrected chi connectivity index (χ0v) is 21.4. The molecule has 0 aliphatic heterocycles. The van der Waals surface area contributed by atoms with E-state index in [4.69, 9.17) is 9.47 Å². The SMILES string of the molecule is COc1ccc(N(Cc2ccc(C(=O)NCc3ccccc3OC)cc2)S(=O)(=O)c2ccccc2)cc1. The fourth-order valence-corrected chi connectivity index (χ4v) is 5.31. The van der Waals surface area contributed by atoms with Crippen LogP contribution < -0.4 is 19.1 Å². The zero-order chi connectivity index (χ0) is 26.3. The van der Waals surface area contributed by atoms with Crippen LogP contribution in [0.15, 0.2) is 108 Å². The van der Waals surface area contributed by atoms with E-state index in [1.54, 1.807) is 93.1 Å². The maximum Gasteiger partial charge on any atom is 0.264 e. The van der Waals surface area contributed by atoms with Gasteiger partial charge in [0.05, 0.1) is 31.3 Å². The molecule has 0 bridgehead atoms. The monoisotopic (exact) mass is 516 g/mol. The Bertz CT molecular complexity index is 1440. The first kappa shape index (κ1) is 25.8. The van der Waals surface area contributed by atoms with E-state index in [1.165, 1.54) is 4.31 Å². The van der Waals surface area contributed by atoms with Crippen LogP contribution in [-0.4, -0.2) is 28.5 Å². The normalized spacial score (nSPS) is 11.0. The van der Waals surface area contributed by atoms with Gasteiger partial charge in [-0.25, -0.2) is 8.42 Å². The Morgan fingerprint density at radius 3 is 2.08 bits per heavy atom. The molecule has 0 fully saturated rings. The number of rotatable bonds is 10. The summed E-state index contributed by atoms with van der Waals surface area (Å²) in [4.78, 5) is 12.9. The lowest BCUT2D eigenvalue weighted by Crippen LogP contribution is -2.30. The van der Waals surface area contributed by atoms with Gasteiger partial charge < -0.3 is 14.8 Å². The third-order valence-corrected chi connectivity index (χ3v) is 7.65. The van der Waals surface area contributed by atoms with Crippen LogP contribution in [0.1, 0.15) is 21.5 Å². The Hall–Kier alpha value is -4.30. The van der Waals surface area contributed by atoms with E-state index in [0.717, 1.165) is 11.1 Å². The molecule has 0 saturated carbocycles. The third-order valence-electron chi connectivity index (χ3n) is 5.87. The third kappa shape index (κ3) is 6.10. The first-order valence-corrected chi connectivity index (χ1v) is 13.1. The van der Waals surface area contributed by atoms with Crippen LogP contribution in [0.25, 0.3) is 0 Å². The number of sulfonamides is 1. The molecule has 0 aromatic heterocycles. The van der Waals surface area contributed by atoms with Crippen molar-refractivity contribution in [3.8, 4) is 11.5 Å². The quantitative estimate of drug-likeness (QED) is 0.320. The molecule has 0 heterocycles. The van der Waals surface area contributed by atoms with Crippen molar-refractivity contribution >= 4 is 21.6 Å². The summed E-state index contributed by atoms with van der Waals surface area (Å²) in [5.74, 6) is 1.10. The second kappa shape index (κ2) is 11.6. The van der Waals surface area contributed by atoms with Gasteiger partial charge in [-0.15, -0.1) is 0 Å². The van der Waals surface area contributed by atoms with Gasteiger partial charge >= 0.3 is 0 Å². The lowest BCUT2D eigenvalue weighted by Gasteiger charge is -2.25. The first-order chi connectivity index (χ1) is 17.9. The highest BCUT2D eigenvalue weighted by Gasteiger charge is 2.25. The fourth-order valence-electron chi connectivity index (χ4n) is 3.84. The number of nitrogens with zero attached hydrogens (tertiary/aromatic N) is 1. The van der Waals surface area contributed by atoms with E-state index in [0.29, 0.717) is 29.3 Å². The highest BCUT2D eigenvalue weighted by atomic mass is 32.2. The van der Waals surface area contributed by atoms with E-state index in [9.17, 15) is 13.2 Å². The maximum atomic E-state index is 13.6. The van der Waals surface area contributed by atoms with Gasteiger partial charge in [0.2, 0.25) is 0 Å². The van der Waals surface area contributed by atoms with Crippen LogP contribution >= 0.6 is 0 Å². The summed E-state index contributed by atoms with van der Waals surface area (Å²) in [6.07, 6.45) is 0. The highest BCUT2D eigenvalue weighted by molar-refractivity contribution is 7.92. The number of ether oxygens (including phenoxy) is 2. The molecule has 0 aliphatic rings. The predicted octanol–water partition coefficient (Wildman–Crippen LogP) is 5.03. The van der Waals surface area contributed by atoms with Crippen molar-refractivity contribution in [2.24, 2.45) is 0 Å². The Morgan fingerprint density at radius 2 is 1.43 bits per heavy atom. The summed E-state index contributed by atoms with van der Waals surface area (Å²) in [6, 6.07) is 29.5. The first-order valence-electron chi connectivity index (χ1n) is 11.6. The number of hydrogen-bond acceptors (Lipinski definition) is 5. The minimum atomic E-state index is -3.84. The van der Waals surface area contributed by atoms with Crippen LogP contribution in [-0.2, 0) is 23.1 Å². The largest absolute Gasteiger partial charge is 0.497 e. The molecule has 0 spiro atoms. The summed E-state index contributed by atoms with van der Waals surface area (Å²) in [6.45, 7) is 0.415. The summed E-state index contributed by atoms with van der Waals surface area (Å²) in [7, 11) is -0.696. The topological polar surface area (TPSA) is 84.9 Å². The molecule has 1 N–H and O–H groups in total. The van der Waals surface area contributed by atoms with Crippen LogP contribution in [0, 0.1) is 0 Å². The molecule has 4 aromatic rings. The molecule has 0 radical (unpaired) electrons. The Kier molecular flexibility index (Phi) is 8.10. The summed E-state index contributed by atoms with van der Waals surface area (Å²) in [5, 5.41) is 2.90. The van der Waals surface area contributed by atoms with Gasteiger partial charge in [0.15, 0.2) is 0 Å². The van der Waals surface area contributed by atoms with Crippen molar-refractivity contribution in [1.82, 2.24) is 5.32 Å². The minimum absolute atomic E-state index is 0.0900. The van der Waals surface area contributed by atoms with Crippen LogP contribution in [0.2, 0.25) is 0 Å². The van der Waals surface area contributed by atoms with Gasteiger partial charge in [0.25, 0.3) is 15.9 Å². The predicted molar refractivity (Wildman–Crippen MR) is 143 cm³/mol. The minimum Gasteiger partial charge on any atom is -0.497 e. The number of benzene rings is 4. The molecule has 4 aromatic carbocycles. The average molecular weight is 517 g/mol. The van der Waals surface area contributed by atoms with E-state index in [2.05, 4.69) is 5.32 Å². The Labute approximate surface area is 217 Å². The number of anilines is 1. The molecule has 4 rings (SSSR count). The molecule has 1 amide bonds. The van der Waals surface area contributed by atoms with Gasteiger partial charge in [-0.1, -0.05) is 48.5 Å². The lowest BCUT2D eigenvalue weighted by molar-refractivity contribution is 0.0950. The van der Waals surface area contributed by atoms with Crippen molar-refractivity contribution in [2.45, 2.75) is 18.0 Å². The lowest BCUT2D eigenvalue weighted by atomic mass is 10.1. The summed E-state index contributed by atoms with van der Waals surface area (Å²) < 4.78 is 39.0. The molecule has 0 aliphatic carbocycles. The number of hydrogen-bond donors (Lipinski definition) is 1. The Morgan fingerprint density at radius 1 is 0.784 bits per heavy atom. The number of carbonyl (C=O) groups excluding carboxylic acids is 1. The van der Waals surface area contributed by atoms with Gasteiger partial charge in [0, 0.05) is 17.7 Å². The fraction of sp³-hybridized carbons (Fsp3) is 0.138. The standard InChI is InChI=1S/C29H28N2O5S/c1-35-26-18-16-25(17-19-26)31(37(33,34)27-9-4-3-5-10-27)21-22-12-14-23(15-13-22)29(32)30-20-24-8-6-7-11-28(24)36-2/h3-19H,20-21H2,1-2H3,(H,30,32). The smallest absolute Gasteiger partial charge is 0.264 e. The van der Waals surface area contributed by atoms with E-state index in [-0.39, 0.29) is 17.3 Å². The molecular formula is C29H28N2O5S. The van der Waals surface area contributed by atoms with Crippen LogP contribution in [0.5, 0.6) is 11.5 Å². The molecule has 7 nitrogen and oxygen atoms in total. The number of methoxy groups -OCH3 is 2. The molecule has 0 atom stereocenters. The van der Waals surface area contributed by atoms with Crippen molar-refractivity contribution < 1.29 is 22.7 Å². The van der Waals surface area contributed by atoms with Crippen LogP contribution in [0.4, 0.5) is 5.69 Å². The maximum absolute atomic E-state index is 13.6. The molecule has 0 unspecified atom stereocenters. The average Bonchev–Trinajstić information content (AvgIpc) is 2.95. The van der Waals surface area contributed by atoms with E-state index >= 15 is 0 Å². The van der Waals surface area contributed by atoms with Gasteiger partial charge in [0.1, 0.15) is 11.5 Å². The molecule has 190 valence electrons. The van der Waals surface area contributed by atoms with Crippen molar-refractivity contribution in [3.63, 3.8) is 0 Å². The van der Waals surface area contributed by atoms with Gasteiger partial charge in [-0.05, 0) is 60.2 Å². The van der Waals surface area contributed by atoms with E-state index in [1.807, 2.05) is 24.3 Å². The van der Waals surface area contributed by atoms with Gasteiger partial charge in [-0.3, -0.25) is 9.10 Å². The molecular weight excluding hydrogens is 488 g/mol. The van der Waals surface area contributed by atoms with Crippen molar-refractivity contribution in [1.29, 1.82) is 0 Å². The van der Waals surface area contributed by atoms with E-state index < -0.39 is 10.0 Å². The number of para-hydroxylation sites is 1. The highest BCUT2D eigenvalue weighted by Crippen LogP contribution is 2.28. The zero-order valence-electron chi connectivity index (χ0n) is 20.6. The molecule has 8 heteroatoms. The number of amides is 1. The molecule has 0 saturated heterocycles. The van der Waals surface area contributed by atoms with Crippen LogP contribution in [0.3, 0.4) is 0 Å².